The Kier molecular flexibility index (Phi) is 5.40. The minimum Gasteiger partial charge on any atom is -0.363 e. The monoisotopic (exact) mass is 296 g/mol. The quantitative estimate of drug-likeness (QED) is 0.871. The van der Waals surface area contributed by atoms with E-state index in [0.717, 1.165) is 37.9 Å². The predicted molar refractivity (Wildman–Crippen MR) is 80.1 cm³/mol. The van der Waals surface area contributed by atoms with Crippen molar-refractivity contribution in [1.82, 2.24) is 10.6 Å². The smallest absolute Gasteiger partial charge is 0.254 e. The van der Waals surface area contributed by atoms with Gasteiger partial charge in [0.25, 0.3) is 5.91 Å². The molecule has 3 rings (SSSR count). The van der Waals surface area contributed by atoms with Crippen LogP contribution in [-0.2, 0) is 16.0 Å². The molecule has 20 heavy (non-hydrogen) atoms. The number of benzene rings is 1. The summed E-state index contributed by atoms with van der Waals surface area (Å²) in [6, 6.07) is 8.30. The highest BCUT2D eigenvalue weighted by atomic mass is 35.5. The minimum atomic E-state index is -0.438. The van der Waals surface area contributed by atoms with E-state index in [0.29, 0.717) is 6.61 Å². The van der Waals surface area contributed by atoms with E-state index in [1.165, 1.54) is 5.56 Å². The molecule has 0 bridgehead atoms. The van der Waals surface area contributed by atoms with Crippen LogP contribution in [0.1, 0.15) is 30.1 Å². The summed E-state index contributed by atoms with van der Waals surface area (Å²) in [6.45, 7) is 2.53. The van der Waals surface area contributed by atoms with Gasteiger partial charge in [0, 0.05) is 12.6 Å². The average Bonchev–Trinajstić information content (AvgIpc) is 2.47. The molecule has 0 aromatic heterocycles. The number of nitrogens with one attached hydrogen (secondary N) is 2. The summed E-state index contributed by atoms with van der Waals surface area (Å²) in [4.78, 5) is 12.4. The molecule has 1 aromatic rings. The lowest BCUT2D eigenvalue weighted by molar-refractivity contribution is -0.135. The van der Waals surface area contributed by atoms with Gasteiger partial charge in [-0.3, -0.25) is 4.79 Å². The van der Waals surface area contributed by atoms with Gasteiger partial charge in [-0.2, -0.15) is 0 Å². The van der Waals surface area contributed by atoms with Crippen molar-refractivity contribution in [2.24, 2.45) is 0 Å². The Morgan fingerprint density at radius 3 is 3.00 bits per heavy atom. The van der Waals surface area contributed by atoms with Crippen molar-refractivity contribution in [2.75, 3.05) is 19.7 Å². The highest BCUT2D eigenvalue weighted by molar-refractivity contribution is 5.85. The summed E-state index contributed by atoms with van der Waals surface area (Å²) in [5, 5.41) is 6.41. The number of hydrogen-bond acceptors (Lipinski definition) is 3. The van der Waals surface area contributed by atoms with Gasteiger partial charge >= 0.3 is 0 Å². The molecular weight excluding hydrogens is 276 g/mol. The molecule has 2 atom stereocenters. The summed E-state index contributed by atoms with van der Waals surface area (Å²) < 4.78 is 5.68. The van der Waals surface area contributed by atoms with Crippen molar-refractivity contribution in [3.05, 3.63) is 35.4 Å². The highest BCUT2D eigenvalue weighted by Crippen LogP contribution is 2.27. The van der Waals surface area contributed by atoms with Crippen LogP contribution < -0.4 is 10.6 Å². The zero-order valence-electron chi connectivity index (χ0n) is 11.4. The van der Waals surface area contributed by atoms with Gasteiger partial charge in [-0.15, -0.1) is 12.4 Å². The number of piperidine rings is 1. The SMILES string of the molecule is Cl.O=C(NC1CCCNC1)C1OCCc2ccccc21. The van der Waals surface area contributed by atoms with Crippen molar-refractivity contribution in [3.8, 4) is 0 Å². The summed E-state index contributed by atoms with van der Waals surface area (Å²) in [7, 11) is 0. The van der Waals surface area contributed by atoms with Gasteiger partial charge in [0.1, 0.15) is 0 Å². The van der Waals surface area contributed by atoms with Crippen molar-refractivity contribution in [1.29, 1.82) is 0 Å². The van der Waals surface area contributed by atoms with Crippen LogP contribution in [-0.4, -0.2) is 31.6 Å². The van der Waals surface area contributed by atoms with E-state index in [1.807, 2.05) is 18.2 Å². The molecule has 2 aliphatic rings. The first-order chi connectivity index (χ1) is 9.34. The Hall–Kier alpha value is -1.10. The summed E-state index contributed by atoms with van der Waals surface area (Å²) in [5.41, 5.74) is 2.26. The standard InChI is InChI=1S/C15H20N2O2.ClH/c18-15(17-12-5-3-8-16-10-12)14-13-6-2-1-4-11(13)7-9-19-14;/h1-2,4,6,12,14,16H,3,5,7-10H2,(H,17,18);1H. The Bertz CT molecular complexity index is 461. The molecule has 0 aliphatic carbocycles. The van der Waals surface area contributed by atoms with Crippen molar-refractivity contribution in [2.45, 2.75) is 31.4 Å². The van der Waals surface area contributed by atoms with Gasteiger partial charge in [0.15, 0.2) is 6.10 Å². The topological polar surface area (TPSA) is 50.4 Å². The number of fused-ring (bicyclic) bond motifs is 1. The zero-order chi connectivity index (χ0) is 13.1. The maximum atomic E-state index is 12.4. The van der Waals surface area contributed by atoms with Crippen LogP contribution in [0.5, 0.6) is 0 Å². The third kappa shape index (κ3) is 3.32. The lowest BCUT2D eigenvalue weighted by Gasteiger charge is -2.29. The molecule has 1 amide bonds. The third-order valence-electron chi connectivity index (χ3n) is 3.87. The van der Waals surface area contributed by atoms with Gasteiger partial charge in [0.2, 0.25) is 0 Å². The molecule has 1 aromatic carbocycles. The molecule has 2 unspecified atom stereocenters. The Labute approximate surface area is 125 Å². The normalized spacial score (nSPS) is 25.2. The molecular formula is C15H21ClN2O2. The predicted octanol–water partition coefficient (Wildman–Crippen LogP) is 1.59. The van der Waals surface area contributed by atoms with Crippen LogP contribution in [0.25, 0.3) is 0 Å². The molecule has 2 N–H and O–H groups in total. The second-order valence-corrected chi connectivity index (χ2v) is 5.25. The summed E-state index contributed by atoms with van der Waals surface area (Å²) in [6.07, 6.45) is 2.62. The Morgan fingerprint density at radius 1 is 1.35 bits per heavy atom. The van der Waals surface area contributed by atoms with Crippen molar-refractivity contribution in [3.63, 3.8) is 0 Å². The number of carbonyl (C=O) groups is 1. The van der Waals surface area contributed by atoms with Crippen LogP contribution in [0.4, 0.5) is 0 Å². The maximum absolute atomic E-state index is 12.4. The number of amides is 1. The molecule has 0 saturated carbocycles. The fourth-order valence-electron chi connectivity index (χ4n) is 2.86. The fourth-order valence-corrected chi connectivity index (χ4v) is 2.86. The van der Waals surface area contributed by atoms with Gasteiger partial charge in [-0.25, -0.2) is 0 Å². The van der Waals surface area contributed by atoms with E-state index in [2.05, 4.69) is 16.7 Å². The van der Waals surface area contributed by atoms with Crippen LogP contribution in [0.15, 0.2) is 24.3 Å². The first-order valence-corrected chi connectivity index (χ1v) is 7.05. The van der Waals surface area contributed by atoms with E-state index in [4.69, 9.17) is 4.74 Å². The molecule has 5 heteroatoms. The highest BCUT2D eigenvalue weighted by Gasteiger charge is 2.28. The first kappa shape index (κ1) is 15.3. The number of halogens is 1. The fraction of sp³-hybridized carbons (Fsp3) is 0.533. The summed E-state index contributed by atoms with van der Waals surface area (Å²) >= 11 is 0. The molecule has 110 valence electrons. The summed E-state index contributed by atoms with van der Waals surface area (Å²) in [5.74, 6) is 0.000787. The molecule has 0 radical (unpaired) electrons. The second kappa shape index (κ2) is 7.07. The average molecular weight is 297 g/mol. The van der Waals surface area contributed by atoms with Crippen LogP contribution in [0.2, 0.25) is 0 Å². The number of ether oxygens (including phenoxy) is 1. The Balaban J connectivity index is 0.00000147. The third-order valence-corrected chi connectivity index (χ3v) is 3.87. The van der Waals surface area contributed by atoms with Gasteiger partial charge in [-0.1, -0.05) is 24.3 Å². The molecule has 4 nitrogen and oxygen atoms in total. The second-order valence-electron chi connectivity index (χ2n) is 5.25. The van der Waals surface area contributed by atoms with Crippen LogP contribution in [0.3, 0.4) is 0 Å². The van der Waals surface area contributed by atoms with E-state index in [-0.39, 0.29) is 24.4 Å². The van der Waals surface area contributed by atoms with E-state index < -0.39 is 6.10 Å². The van der Waals surface area contributed by atoms with E-state index in [9.17, 15) is 4.79 Å². The molecule has 1 saturated heterocycles. The lowest BCUT2D eigenvalue weighted by Crippen LogP contribution is -2.47. The van der Waals surface area contributed by atoms with E-state index >= 15 is 0 Å². The van der Waals surface area contributed by atoms with Gasteiger partial charge in [0.05, 0.1) is 6.61 Å². The zero-order valence-corrected chi connectivity index (χ0v) is 12.2. The minimum absolute atomic E-state index is 0. The molecule has 2 aliphatic heterocycles. The van der Waals surface area contributed by atoms with Crippen molar-refractivity contribution < 1.29 is 9.53 Å². The molecule has 0 spiro atoms. The number of hydrogen-bond donors (Lipinski definition) is 2. The van der Waals surface area contributed by atoms with Crippen LogP contribution in [0, 0.1) is 0 Å². The number of carbonyl (C=O) groups excluding carboxylic acids is 1. The van der Waals surface area contributed by atoms with E-state index in [1.54, 1.807) is 0 Å². The Morgan fingerprint density at radius 2 is 2.20 bits per heavy atom. The maximum Gasteiger partial charge on any atom is 0.254 e. The largest absolute Gasteiger partial charge is 0.363 e. The van der Waals surface area contributed by atoms with Gasteiger partial charge in [-0.05, 0) is 36.9 Å². The van der Waals surface area contributed by atoms with Crippen LogP contribution >= 0.6 is 12.4 Å². The number of rotatable bonds is 2. The first-order valence-electron chi connectivity index (χ1n) is 7.05. The molecule has 2 heterocycles. The lowest BCUT2D eigenvalue weighted by atomic mass is 9.96. The van der Waals surface area contributed by atoms with Crippen molar-refractivity contribution >= 4 is 18.3 Å². The van der Waals surface area contributed by atoms with Gasteiger partial charge < -0.3 is 15.4 Å². The molecule has 1 fully saturated rings.